The summed E-state index contributed by atoms with van der Waals surface area (Å²) in [5, 5.41) is 31.8. The Bertz CT molecular complexity index is 464. The minimum Gasteiger partial charge on any atom is -0.394 e. The molecular formula is C17H31NO7S. The van der Waals surface area contributed by atoms with Crippen LogP contribution in [0.25, 0.3) is 0 Å². The predicted molar refractivity (Wildman–Crippen MR) is 97.5 cm³/mol. The first-order valence-electron chi connectivity index (χ1n) is 8.88. The van der Waals surface area contributed by atoms with Gasteiger partial charge in [0.15, 0.2) is 11.4 Å². The van der Waals surface area contributed by atoms with Gasteiger partial charge in [0.2, 0.25) is 5.91 Å². The van der Waals surface area contributed by atoms with Crippen molar-refractivity contribution in [3.63, 3.8) is 0 Å². The van der Waals surface area contributed by atoms with Gasteiger partial charge < -0.3 is 30.1 Å². The number of thiol groups is 1. The molecule has 0 aromatic heterocycles. The third kappa shape index (κ3) is 7.50. The zero-order valence-electron chi connectivity index (χ0n) is 15.5. The molecule has 1 aliphatic rings. The monoisotopic (exact) mass is 393 g/mol. The van der Waals surface area contributed by atoms with Crippen molar-refractivity contribution in [2.24, 2.45) is 11.8 Å². The van der Waals surface area contributed by atoms with E-state index in [1.54, 1.807) is 0 Å². The third-order valence-electron chi connectivity index (χ3n) is 4.47. The Hall–Kier alpha value is -0.710. The van der Waals surface area contributed by atoms with Crippen LogP contribution in [0, 0.1) is 11.8 Å². The standard InChI is InChI=1S/C17H31NO7S/c1-9(6-10(2)7-13(21)26)4-5-24-17-14(18-11(3)20)16(23)15(22)12(8-19)25-17/h9-10,12,14-17,19,22-23H,4-8H2,1-3H3,(H,18,20)(H,21,26)/t9?,10?,12?,14?,15-,16?,17-/m1/s1. The first-order chi connectivity index (χ1) is 12.1. The van der Waals surface area contributed by atoms with E-state index in [1.807, 2.05) is 13.8 Å². The molecule has 4 N–H and O–H groups in total. The van der Waals surface area contributed by atoms with Crippen LogP contribution < -0.4 is 5.32 Å². The summed E-state index contributed by atoms with van der Waals surface area (Å²) in [7, 11) is 0. The molecule has 0 aliphatic carbocycles. The summed E-state index contributed by atoms with van der Waals surface area (Å²) >= 11 is 3.79. The number of nitrogens with one attached hydrogen (secondary N) is 1. The van der Waals surface area contributed by atoms with Crippen LogP contribution in [0.15, 0.2) is 0 Å². The molecule has 1 saturated heterocycles. The lowest BCUT2D eigenvalue weighted by molar-refractivity contribution is -0.270. The van der Waals surface area contributed by atoms with Crippen molar-refractivity contribution in [1.82, 2.24) is 5.32 Å². The molecule has 5 unspecified atom stereocenters. The van der Waals surface area contributed by atoms with Gasteiger partial charge in [-0.1, -0.05) is 13.8 Å². The molecule has 8 nitrogen and oxygen atoms in total. The van der Waals surface area contributed by atoms with E-state index in [0.29, 0.717) is 25.4 Å². The predicted octanol–water partition coefficient (Wildman–Crippen LogP) is -0.154. The minimum absolute atomic E-state index is 0.128. The number of hydrogen-bond acceptors (Lipinski definition) is 7. The number of aliphatic hydroxyl groups is 3. The maximum Gasteiger partial charge on any atom is 0.217 e. The van der Waals surface area contributed by atoms with Gasteiger partial charge in [-0.3, -0.25) is 9.59 Å². The lowest BCUT2D eigenvalue weighted by atomic mass is 9.93. The van der Waals surface area contributed by atoms with E-state index in [9.17, 15) is 24.9 Å². The molecular weight excluding hydrogens is 362 g/mol. The van der Waals surface area contributed by atoms with Crippen LogP contribution in [-0.2, 0) is 19.1 Å². The number of hydrogen-bond donors (Lipinski definition) is 5. The van der Waals surface area contributed by atoms with E-state index in [-0.39, 0.29) is 16.9 Å². The summed E-state index contributed by atoms with van der Waals surface area (Å²) in [6.45, 7) is 5.17. The van der Waals surface area contributed by atoms with Gasteiger partial charge in [-0.25, -0.2) is 0 Å². The molecule has 9 heteroatoms. The Morgan fingerprint density at radius 1 is 1.23 bits per heavy atom. The van der Waals surface area contributed by atoms with Gasteiger partial charge in [-0.15, -0.1) is 12.6 Å². The molecule has 26 heavy (non-hydrogen) atoms. The van der Waals surface area contributed by atoms with Crippen molar-refractivity contribution < 1.29 is 34.4 Å². The van der Waals surface area contributed by atoms with Crippen LogP contribution in [0.2, 0.25) is 0 Å². The van der Waals surface area contributed by atoms with Crippen molar-refractivity contribution >= 4 is 23.7 Å². The average molecular weight is 394 g/mol. The van der Waals surface area contributed by atoms with Crippen molar-refractivity contribution in [3.8, 4) is 0 Å². The molecule has 7 atom stereocenters. The van der Waals surface area contributed by atoms with E-state index < -0.39 is 37.3 Å². The minimum atomic E-state index is -1.32. The topological polar surface area (TPSA) is 125 Å². The second-order valence-corrected chi connectivity index (χ2v) is 7.64. The van der Waals surface area contributed by atoms with Crippen molar-refractivity contribution in [2.75, 3.05) is 13.2 Å². The number of rotatable bonds is 10. The van der Waals surface area contributed by atoms with Gasteiger partial charge in [0.1, 0.15) is 24.4 Å². The van der Waals surface area contributed by atoms with Crippen molar-refractivity contribution in [2.45, 2.75) is 70.7 Å². The lowest BCUT2D eigenvalue weighted by Gasteiger charge is -2.42. The molecule has 152 valence electrons. The van der Waals surface area contributed by atoms with Gasteiger partial charge in [0.25, 0.3) is 0 Å². The molecule has 1 fully saturated rings. The fourth-order valence-electron chi connectivity index (χ4n) is 3.18. The second kappa shape index (κ2) is 11.2. The van der Waals surface area contributed by atoms with Crippen LogP contribution in [0.4, 0.5) is 0 Å². The van der Waals surface area contributed by atoms with E-state index in [2.05, 4.69) is 17.9 Å². The molecule has 0 aromatic rings. The van der Waals surface area contributed by atoms with Crippen LogP contribution in [0.1, 0.15) is 40.0 Å². The zero-order valence-corrected chi connectivity index (χ0v) is 16.4. The molecule has 0 saturated carbocycles. The number of carbonyl (C=O) groups is 2. The number of amides is 1. The van der Waals surface area contributed by atoms with E-state index in [4.69, 9.17) is 9.47 Å². The summed E-state index contributed by atoms with van der Waals surface area (Å²) in [6, 6.07) is -0.929. The molecule has 0 bridgehead atoms. The summed E-state index contributed by atoms with van der Waals surface area (Å²) in [4.78, 5) is 22.4. The van der Waals surface area contributed by atoms with Crippen LogP contribution in [0.5, 0.6) is 0 Å². The summed E-state index contributed by atoms with van der Waals surface area (Å²) in [6.07, 6.45) is -2.63. The first-order valence-corrected chi connectivity index (χ1v) is 9.33. The molecule has 1 amide bonds. The summed E-state index contributed by atoms with van der Waals surface area (Å²) in [5.41, 5.74) is 0. The largest absolute Gasteiger partial charge is 0.394 e. The highest BCUT2D eigenvalue weighted by atomic mass is 32.1. The molecule has 0 aromatic carbocycles. The number of carbonyl (C=O) groups excluding carboxylic acids is 2. The smallest absolute Gasteiger partial charge is 0.217 e. The maximum atomic E-state index is 11.4. The van der Waals surface area contributed by atoms with E-state index >= 15 is 0 Å². The number of ether oxygens (including phenoxy) is 2. The van der Waals surface area contributed by atoms with Gasteiger partial charge >= 0.3 is 0 Å². The summed E-state index contributed by atoms with van der Waals surface area (Å²) in [5.74, 6) is 0.132. The van der Waals surface area contributed by atoms with Gasteiger partial charge in [-0.2, -0.15) is 0 Å². The second-order valence-electron chi connectivity index (χ2n) is 7.14. The lowest BCUT2D eigenvalue weighted by Crippen LogP contribution is -2.64. The van der Waals surface area contributed by atoms with Crippen LogP contribution in [0.3, 0.4) is 0 Å². The van der Waals surface area contributed by atoms with Gasteiger partial charge in [-0.05, 0) is 24.7 Å². The molecule has 1 heterocycles. The number of aliphatic hydroxyl groups excluding tert-OH is 3. The highest BCUT2D eigenvalue weighted by Crippen LogP contribution is 2.24. The molecule has 0 spiro atoms. The Kier molecular flexibility index (Phi) is 10.1. The van der Waals surface area contributed by atoms with Crippen molar-refractivity contribution in [3.05, 3.63) is 0 Å². The Balaban J connectivity index is 2.55. The fourth-order valence-corrected chi connectivity index (χ4v) is 3.50. The average Bonchev–Trinajstić information content (AvgIpc) is 2.52. The molecule has 1 rings (SSSR count). The highest BCUT2D eigenvalue weighted by Gasteiger charge is 2.45. The molecule has 1 aliphatic heterocycles. The third-order valence-corrected chi connectivity index (χ3v) is 4.65. The van der Waals surface area contributed by atoms with E-state index in [1.165, 1.54) is 6.92 Å². The van der Waals surface area contributed by atoms with E-state index in [0.717, 1.165) is 6.42 Å². The zero-order chi connectivity index (χ0) is 19.9. The SMILES string of the molecule is CC(=O)NC1C(O)[C@H](O)C(CO)O[C@H]1OCCC(C)CC(C)CC(=O)S. The Labute approximate surface area is 159 Å². The normalized spacial score (nSPS) is 31.3. The molecule has 0 radical (unpaired) electrons. The van der Waals surface area contributed by atoms with Crippen molar-refractivity contribution in [1.29, 1.82) is 0 Å². The summed E-state index contributed by atoms with van der Waals surface area (Å²) < 4.78 is 11.2. The fraction of sp³-hybridized carbons (Fsp3) is 0.882. The van der Waals surface area contributed by atoms with Crippen LogP contribution in [-0.4, -0.2) is 70.2 Å². The quantitative estimate of drug-likeness (QED) is 0.327. The Morgan fingerprint density at radius 3 is 2.42 bits per heavy atom. The highest BCUT2D eigenvalue weighted by molar-refractivity contribution is 7.96. The maximum absolute atomic E-state index is 11.4. The first kappa shape index (κ1) is 23.3. The van der Waals surface area contributed by atoms with Gasteiger partial charge in [0.05, 0.1) is 13.2 Å². The van der Waals surface area contributed by atoms with Crippen LogP contribution >= 0.6 is 12.6 Å². The van der Waals surface area contributed by atoms with Gasteiger partial charge in [0, 0.05) is 13.3 Å². The Morgan fingerprint density at radius 2 is 1.88 bits per heavy atom.